The maximum atomic E-state index is 6.17. The van der Waals surface area contributed by atoms with Crippen molar-refractivity contribution < 1.29 is 4.74 Å². The van der Waals surface area contributed by atoms with Crippen molar-refractivity contribution in [2.24, 2.45) is 0 Å². The molecule has 0 saturated heterocycles. The van der Waals surface area contributed by atoms with Gasteiger partial charge in [-0.1, -0.05) is 35.9 Å². The Balaban J connectivity index is 2.05. The Morgan fingerprint density at radius 1 is 1.15 bits per heavy atom. The van der Waals surface area contributed by atoms with E-state index >= 15 is 0 Å². The zero-order chi connectivity index (χ0) is 14.1. The number of aryl methyl sites for hydroxylation is 2. The van der Waals surface area contributed by atoms with E-state index in [2.05, 4.69) is 55.6 Å². The van der Waals surface area contributed by atoms with Crippen LogP contribution in [-0.2, 0) is 6.42 Å². The normalized spacial score (nSPS) is 16.9. The summed E-state index contributed by atoms with van der Waals surface area (Å²) in [6, 6.07) is 13.1. The molecule has 0 amide bonds. The Bertz CT molecular complexity index is 633. The van der Waals surface area contributed by atoms with E-state index in [0.717, 1.165) is 18.7 Å². The number of ether oxygens (including phenoxy) is 1. The van der Waals surface area contributed by atoms with Crippen LogP contribution >= 0.6 is 0 Å². The van der Waals surface area contributed by atoms with Crippen molar-refractivity contribution in [1.29, 1.82) is 0 Å². The van der Waals surface area contributed by atoms with Gasteiger partial charge in [-0.05, 0) is 43.7 Å². The molecule has 0 spiro atoms. The fourth-order valence-electron chi connectivity index (χ4n) is 2.96. The van der Waals surface area contributed by atoms with Crippen LogP contribution < -0.4 is 10.1 Å². The van der Waals surface area contributed by atoms with Crippen LogP contribution in [0.15, 0.2) is 36.4 Å². The molecular formula is C18H21NO. The molecule has 3 rings (SSSR count). The van der Waals surface area contributed by atoms with E-state index in [-0.39, 0.29) is 6.10 Å². The summed E-state index contributed by atoms with van der Waals surface area (Å²) in [7, 11) is 1.97. The van der Waals surface area contributed by atoms with Crippen LogP contribution in [0.25, 0.3) is 11.1 Å². The number of fused-ring (bicyclic) bond motifs is 1. The summed E-state index contributed by atoms with van der Waals surface area (Å²) in [6.45, 7) is 5.18. The Kier molecular flexibility index (Phi) is 3.49. The van der Waals surface area contributed by atoms with E-state index in [0.29, 0.717) is 0 Å². The highest BCUT2D eigenvalue weighted by Crippen LogP contribution is 2.39. The van der Waals surface area contributed by atoms with Crippen LogP contribution in [0.3, 0.4) is 0 Å². The SMILES string of the molecule is CNC[C@@H]1Cc2cc(C)cc(-c3cccc(C)c3)c2O1. The van der Waals surface area contributed by atoms with Gasteiger partial charge in [-0.25, -0.2) is 0 Å². The number of benzene rings is 2. The van der Waals surface area contributed by atoms with Crippen molar-refractivity contribution in [3.05, 3.63) is 53.1 Å². The van der Waals surface area contributed by atoms with Gasteiger partial charge in [0.2, 0.25) is 0 Å². The molecule has 1 aliphatic heterocycles. The van der Waals surface area contributed by atoms with Gasteiger partial charge in [0.05, 0.1) is 0 Å². The lowest BCUT2D eigenvalue weighted by Gasteiger charge is -2.13. The first kappa shape index (κ1) is 13.2. The van der Waals surface area contributed by atoms with Gasteiger partial charge in [0.1, 0.15) is 11.9 Å². The van der Waals surface area contributed by atoms with Crippen molar-refractivity contribution in [2.75, 3.05) is 13.6 Å². The number of likely N-dealkylation sites (N-methyl/N-ethyl adjacent to an activating group) is 1. The van der Waals surface area contributed by atoms with E-state index < -0.39 is 0 Å². The minimum absolute atomic E-state index is 0.250. The minimum atomic E-state index is 0.250. The third-order valence-electron chi connectivity index (χ3n) is 3.80. The van der Waals surface area contributed by atoms with Crippen molar-refractivity contribution in [2.45, 2.75) is 26.4 Å². The molecule has 2 heteroatoms. The molecule has 0 aliphatic carbocycles. The van der Waals surface area contributed by atoms with Crippen molar-refractivity contribution in [3.63, 3.8) is 0 Å². The summed E-state index contributed by atoms with van der Waals surface area (Å²) in [6.07, 6.45) is 1.25. The van der Waals surface area contributed by atoms with Gasteiger partial charge in [-0.3, -0.25) is 0 Å². The van der Waals surface area contributed by atoms with E-state index in [1.54, 1.807) is 0 Å². The molecular weight excluding hydrogens is 246 g/mol. The molecule has 1 aliphatic rings. The van der Waals surface area contributed by atoms with E-state index in [9.17, 15) is 0 Å². The third kappa shape index (κ3) is 2.44. The second-order valence-corrected chi connectivity index (χ2v) is 5.67. The third-order valence-corrected chi connectivity index (χ3v) is 3.80. The first-order chi connectivity index (χ1) is 9.67. The molecule has 104 valence electrons. The maximum Gasteiger partial charge on any atom is 0.130 e. The first-order valence-corrected chi connectivity index (χ1v) is 7.19. The fraction of sp³-hybridized carbons (Fsp3) is 0.333. The van der Waals surface area contributed by atoms with Crippen molar-refractivity contribution >= 4 is 0 Å². The Hall–Kier alpha value is -1.80. The number of nitrogens with one attached hydrogen (secondary N) is 1. The monoisotopic (exact) mass is 267 g/mol. The Morgan fingerprint density at radius 3 is 2.75 bits per heavy atom. The predicted octanol–water partition coefficient (Wildman–Crippen LogP) is 3.49. The molecule has 1 N–H and O–H groups in total. The largest absolute Gasteiger partial charge is 0.488 e. The lowest BCUT2D eigenvalue weighted by Crippen LogP contribution is -2.27. The van der Waals surface area contributed by atoms with Gasteiger partial charge in [0, 0.05) is 18.5 Å². The molecule has 2 nitrogen and oxygen atoms in total. The average Bonchev–Trinajstić information content (AvgIpc) is 2.80. The van der Waals surface area contributed by atoms with E-state index in [1.165, 1.54) is 27.8 Å². The van der Waals surface area contributed by atoms with Crippen LogP contribution in [0.1, 0.15) is 16.7 Å². The number of hydrogen-bond acceptors (Lipinski definition) is 2. The van der Waals surface area contributed by atoms with Crippen LogP contribution in [-0.4, -0.2) is 19.7 Å². The number of hydrogen-bond donors (Lipinski definition) is 1. The molecule has 0 radical (unpaired) electrons. The molecule has 0 unspecified atom stereocenters. The molecule has 0 fully saturated rings. The molecule has 2 aromatic rings. The second kappa shape index (κ2) is 5.29. The van der Waals surface area contributed by atoms with Crippen LogP contribution in [0, 0.1) is 13.8 Å². The van der Waals surface area contributed by atoms with Crippen LogP contribution in [0.5, 0.6) is 5.75 Å². The molecule has 0 saturated carbocycles. The fourth-order valence-corrected chi connectivity index (χ4v) is 2.96. The molecule has 2 aromatic carbocycles. The van der Waals surface area contributed by atoms with Crippen molar-refractivity contribution in [3.8, 4) is 16.9 Å². The van der Waals surface area contributed by atoms with Gasteiger partial charge in [-0.15, -0.1) is 0 Å². The second-order valence-electron chi connectivity index (χ2n) is 5.67. The molecule has 0 aromatic heterocycles. The standard InChI is InChI=1S/C18H21NO/c1-12-5-4-6-14(7-12)17-9-13(2)8-15-10-16(11-19-3)20-18(15)17/h4-9,16,19H,10-11H2,1-3H3/t16-/m0/s1. The van der Waals surface area contributed by atoms with Gasteiger partial charge in [-0.2, -0.15) is 0 Å². The summed E-state index contributed by atoms with van der Waals surface area (Å²) in [4.78, 5) is 0. The molecule has 0 bridgehead atoms. The van der Waals surface area contributed by atoms with Crippen LogP contribution in [0.2, 0.25) is 0 Å². The van der Waals surface area contributed by atoms with Crippen molar-refractivity contribution in [1.82, 2.24) is 5.32 Å². The Morgan fingerprint density at radius 2 is 2.00 bits per heavy atom. The molecule has 20 heavy (non-hydrogen) atoms. The predicted molar refractivity (Wildman–Crippen MR) is 83.4 cm³/mol. The quantitative estimate of drug-likeness (QED) is 0.919. The lowest BCUT2D eigenvalue weighted by atomic mass is 9.97. The summed E-state index contributed by atoms with van der Waals surface area (Å²) in [5.41, 5.74) is 6.38. The topological polar surface area (TPSA) is 21.3 Å². The summed E-state index contributed by atoms with van der Waals surface area (Å²) in [5, 5.41) is 3.20. The summed E-state index contributed by atoms with van der Waals surface area (Å²) < 4.78 is 6.17. The van der Waals surface area contributed by atoms with Crippen LogP contribution in [0.4, 0.5) is 0 Å². The zero-order valence-corrected chi connectivity index (χ0v) is 12.4. The van der Waals surface area contributed by atoms with E-state index in [4.69, 9.17) is 4.74 Å². The Labute approximate surface area is 120 Å². The molecule has 1 atom stereocenters. The smallest absolute Gasteiger partial charge is 0.130 e. The number of rotatable bonds is 3. The van der Waals surface area contributed by atoms with Gasteiger partial charge < -0.3 is 10.1 Å². The zero-order valence-electron chi connectivity index (χ0n) is 12.4. The van der Waals surface area contributed by atoms with E-state index in [1.807, 2.05) is 7.05 Å². The minimum Gasteiger partial charge on any atom is -0.488 e. The summed E-state index contributed by atoms with van der Waals surface area (Å²) >= 11 is 0. The molecule has 1 heterocycles. The highest BCUT2D eigenvalue weighted by atomic mass is 16.5. The summed E-state index contributed by atoms with van der Waals surface area (Å²) in [5.74, 6) is 1.07. The van der Waals surface area contributed by atoms with Gasteiger partial charge in [0.15, 0.2) is 0 Å². The highest BCUT2D eigenvalue weighted by Gasteiger charge is 2.25. The average molecular weight is 267 g/mol. The maximum absolute atomic E-state index is 6.17. The lowest BCUT2D eigenvalue weighted by molar-refractivity contribution is 0.232. The van der Waals surface area contributed by atoms with Gasteiger partial charge in [0.25, 0.3) is 0 Å². The highest BCUT2D eigenvalue weighted by molar-refractivity contribution is 5.74. The van der Waals surface area contributed by atoms with Gasteiger partial charge >= 0.3 is 0 Å². The first-order valence-electron chi connectivity index (χ1n) is 7.19.